The van der Waals surface area contributed by atoms with Crippen molar-refractivity contribution in [3.8, 4) is 5.75 Å². The second-order valence-corrected chi connectivity index (χ2v) is 9.58. The van der Waals surface area contributed by atoms with E-state index in [1.807, 2.05) is 0 Å². The van der Waals surface area contributed by atoms with Crippen LogP contribution < -0.4 is 29.6 Å². The fraction of sp³-hybridized carbons (Fsp3) is 0.692. The molecule has 0 saturated heterocycles. The Balaban J connectivity index is 0. The number of phenols is 1. The number of hydrogen-bond donors (Lipinski definition) is 1. The van der Waals surface area contributed by atoms with Crippen LogP contribution in [0.2, 0.25) is 0 Å². The molecule has 0 amide bonds. The number of hydrogen-bond acceptors (Lipinski definition) is 8. The van der Waals surface area contributed by atoms with Crippen LogP contribution in [0.15, 0.2) is 24.3 Å². The van der Waals surface area contributed by atoms with E-state index in [4.69, 9.17) is 5.11 Å². The summed E-state index contributed by atoms with van der Waals surface area (Å²) >= 11 is 0. The van der Waals surface area contributed by atoms with E-state index < -0.39 is 16.4 Å². The number of rotatable bonds is 20. The Morgan fingerprint density at radius 1 is 0.806 bits per heavy atom. The molecule has 0 unspecified atom stereocenters. The zero-order chi connectivity index (χ0) is 26.2. The maximum Gasteiger partial charge on any atom is 1.00 e. The molecule has 0 radical (unpaired) electrons. The molecule has 0 aliphatic heterocycles. The minimum atomic E-state index is -4.51. The van der Waals surface area contributed by atoms with Gasteiger partial charge in [0.05, 0.1) is 19.3 Å². The van der Waals surface area contributed by atoms with Gasteiger partial charge in [-0.3, -0.25) is 4.18 Å². The standard InChI is InChI=1S/C18H36O5S.C8H8O3.Na/c19-17-15-13-11-9-7-5-3-1-2-4-6-8-10-12-14-16-18-23-24(20,21)22;1-11-8(10)6-2-4-7(9)5-3-6;/h17H,1-16,18H2,(H,20,21,22);2-5,9H,1H3;/q;;+1/p-1. The molecule has 0 spiro atoms. The smallest absolute Gasteiger partial charge is 0.726 e. The summed E-state index contributed by atoms with van der Waals surface area (Å²) in [5.41, 5.74) is 0.435. The second-order valence-electron chi connectivity index (χ2n) is 8.53. The van der Waals surface area contributed by atoms with E-state index in [-0.39, 0.29) is 41.9 Å². The Hall–Kier alpha value is -0.970. The van der Waals surface area contributed by atoms with Crippen molar-refractivity contribution < 1.29 is 66.1 Å². The van der Waals surface area contributed by atoms with Crippen LogP contribution in [-0.2, 0) is 24.1 Å². The molecule has 0 bridgehead atoms. The number of methoxy groups -OCH3 is 1. The van der Waals surface area contributed by atoms with Gasteiger partial charge in [-0.25, -0.2) is 13.2 Å². The van der Waals surface area contributed by atoms with Crippen molar-refractivity contribution in [3.63, 3.8) is 0 Å². The molecule has 0 aromatic heterocycles. The summed E-state index contributed by atoms with van der Waals surface area (Å²) in [6, 6.07) is 5.88. The van der Waals surface area contributed by atoms with Gasteiger partial charge in [-0.2, -0.15) is 0 Å². The minimum Gasteiger partial charge on any atom is -0.726 e. The van der Waals surface area contributed by atoms with Crippen LogP contribution in [0.3, 0.4) is 0 Å². The van der Waals surface area contributed by atoms with Gasteiger partial charge in [0.15, 0.2) is 0 Å². The average Bonchev–Trinajstić information content (AvgIpc) is 2.83. The van der Waals surface area contributed by atoms with E-state index >= 15 is 0 Å². The van der Waals surface area contributed by atoms with Gasteiger partial charge in [0, 0.05) is 6.42 Å². The molecule has 0 aliphatic rings. The Morgan fingerprint density at radius 3 is 1.56 bits per heavy atom. The van der Waals surface area contributed by atoms with Crippen LogP contribution in [0.4, 0.5) is 0 Å². The van der Waals surface area contributed by atoms with Crippen molar-refractivity contribution in [3.05, 3.63) is 29.8 Å². The number of aldehydes is 1. The molecule has 202 valence electrons. The maximum atomic E-state index is 10.8. The van der Waals surface area contributed by atoms with Crippen molar-refractivity contribution in [1.82, 2.24) is 0 Å². The van der Waals surface area contributed by atoms with Crippen LogP contribution in [0.1, 0.15) is 113 Å². The summed E-state index contributed by atoms with van der Waals surface area (Å²) in [6.45, 7) is 0.0168. The molecule has 0 heterocycles. The van der Waals surface area contributed by atoms with Crippen LogP contribution >= 0.6 is 0 Å². The van der Waals surface area contributed by atoms with Gasteiger partial charge in [0.1, 0.15) is 12.0 Å². The molecule has 8 nitrogen and oxygen atoms in total. The van der Waals surface area contributed by atoms with Crippen LogP contribution in [0, 0.1) is 0 Å². The number of benzene rings is 1. The number of unbranched alkanes of at least 4 members (excludes halogenated alkanes) is 15. The third-order valence-corrected chi connectivity index (χ3v) is 5.94. The molecule has 1 aromatic rings. The minimum absolute atomic E-state index is 0. The maximum absolute atomic E-state index is 10.8. The van der Waals surface area contributed by atoms with Crippen molar-refractivity contribution >= 4 is 22.7 Å². The Labute approximate surface area is 239 Å². The zero-order valence-corrected chi connectivity index (χ0v) is 24.9. The quantitative estimate of drug-likeness (QED) is 0.0669. The molecule has 1 aromatic carbocycles. The molecule has 0 atom stereocenters. The van der Waals surface area contributed by atoms with Gasteiger partial charge in [-0.15, -0.1) is 0 Å². The molecular formula is C26H43NaO8S. The summed E-state index contributed by atoms with van der Waals surface area (Å²) < 4.78 is 39.3. The van der Waals surface area contributed by atoms with Crippen LogP contribution in [0.25, 0.3) is 0 Å². The van der Waals surface area contributed by atoms with Gasteiger partial charge in [0.25, 0.3) is 0 Å². The first-order chi connectivity index (χ1) is 16.8. The number of phenolic OH excluding ortho intramolecular Hbond substituents is 1. The van der Waals surface area contributed by atoms with Crippen molar-refractivity contribution in [2.24, 2.45) is 0 Å². The van der Waals surface area contributed by atoms with E-state index in [2.05, 4.69) is 8.92 Å². The molecule has 0 fully saturated rings. The van der Waals surface area contributed by atoms with Gasteiger partial charge in [-0.05, 0) is 37.1 Å². The number of esters is 1. The first kappa shape index (κ1) is 37.2. The molecule has 1 N–H and O–H groups in total. The summed E-state index contributed by atoms with van der Waals surface area (Å²) in [5, 5.41) is 8.86. The summed E-state index contributed by atoms with van der Waals surface area (Å²) in [6.07, 6.45) is 19.4. The summed E-state index contributed by atoms with van der Waals surface area (Å²) in [7, 11) is -3.19. The topological polar surface area (TPSA) is 130 Å². The number of aromatic hydroxyl groups is 1. The molecule has 0 aliphatic carbocycles. The Morgan fingerprint density at radius 2 is 1.19 bits per heavy atom. The largest absolute Gasteiger partial charge is 1.00 e. The SMILES string of the molecule is COC(=O)c1ccc(O)cc1.O=CCCCCCCCCCCCCCCCCCOS(=O)(=O)[O-].[Na+]. The van der Waals surface area contributed by atoms with Gasteiger partial charge in [0.2, 0.25) is 10.4 Å². The van der Waals surface area contributed by atoms with Crippen molar-refractivity contribution in [2.75, 3.05) is 13.7 Å². The predicted molar refractivity (Wildman–Crippen MR) is 135 cm³/mol. The Bertz CT molecular complexity index is 754. The third-order valence-electron chi connectivity index (χ3n) is 5.48. The van der Waals surface area contributed by atoms with Crippen molar-refractivity contribution in [1.29, 1.82) is 0 Å². The van der Waals surface area contributed by atoms with Crippen LogP contribution in [-0.4, -0.2) is 44.0 Å². The Kier molecular flexibility index (Phi) is 26.5. The first-order valence-electron chi connectivity index (χ1n) is 12.7. The average molecular weight is 539 g/mol. The molecule has 10 heteroatoms. The number of ether oxygens (including phenoxy) is 1. The molecular weight excluding hydrogens is 495 g/mol. The van der Waals surface area contributed by atoms with E-state index in [0.29, 0.717) is 12.0 Å². The van der Waals surface area contributed by atoms with Gasteiger partial charge in [-0.1, -0.05) is 83.5 Å². The number of carbonyl (C=O) groups excluding carboxylic acids is 2. The normalized spacial score (nSPS) is 10.6. The fourth-order valence-corrected chi connectivity index (χ4v) is 3.83. The summed E-state index contributed by atoms with van der Waals surface area (Å²) in [4.78, 5) is 21.0. The first-order valence-corrected chi connectivity index (χ1v) is 14.0. The van der Waals surface area contributed by atoms with Crippen molar-refractivity contribution in [2.45, 2.75) is 103 Å². The zero-order valence-electron chi connectivity index (χ0n) is 22.1. The number of carbonyl (C=O) groups is 2. The van der Waals surface area contributed by atoms with E-state index in [9.17, 15) is 22.6 Å². The van der Waals surface area contributed by atoms with Crippen LogP contribution in [0.5, 0.6) is 5.75 Å². The monoisotopic (exact) mass is 538 g/mol. The second kappa shape index (κ2) is 25.7. The third kappa shape index (κ3) is 26.1. The van der Waals surface area contributed by atoms with E-state index in [0.717, 1.165) is 32.0 Å². The van der Waals surface area contributed by atoms with Gasteiger partial charge >= 0.3 is 35.5 Å². The van der Waals surface area contributed by atoms with E-state index in [1.54, 1.807) is 0 Å². The van der Waals surface area contributed by atoms with Gasteiger partial charge < -0.3 is 19.2 Å². The molecule has 1 rings (SSSR count). The molecule has 0 saturated carbocycles. The molecule has 36 heavy (non-hydrogen) atoms. The van der Waals surface area contributed by atoms with E-state index in [1.165, 1.54) is 102 Å². The summed E-state index contributed by atoms with van der Waals surface area (Å²) in [5.74, 6) is -0.261. The predicted octanol–water partition coefficient (Wildman–Crippen LogP) is 3.09. The fourth-order valence-electron chi connectivity index (χ4n) is 3.50.